The van der Waals surface area contributed by atoms with Gasteiger partial charge in [-0.05, 0) is 37.5 Å². The van der Waals surface area contributed by atoms with E-state index < -0.39 is 31.7 Å². The Balaban J connectivity index is 2.07. The molecule has 1 saturated heterocycles. The zero-order valence-electron chi connectivity index (χ0n) is 12.3. The number of sulfonamides is 1. The Morgan fingerprint density at radius 2 is 1.95 bits per heavy atom. The molecule has 0 unspecified atom stereocenters. The van der Waals surface area contributed by atoms with Crippen LogP contribution in [0.2, 0.25) is 0 Å². The normalized spacial score (nSPS) is 20.7. The molecule has 7 nitrogen and oxygen atoms in total. The summed E-state index contributed by atoms with van der Waals surface area (Å²) < 4.78 is 47.1. The van der Waals surface area contributed by atoms with Crippen LogP contribution in [0.5, 0.6) is 0 Å². The average Bonchev–Trinajstić information content (AvgIpc) is 2.79. The van der Waals surface area contributed by atoms with Gasteiger partial charge in [0.25, 0.3) is 10.0 Å². The van der Waals surface area contributed by atoms with Crippen LogP contribution in [-0.4, -0.2) is 34.2 Å². The van der Waals surface area contributed by atoms with Crippen molar-refractivity contribution >= 4 is 25.8 Å². The lowest BCUT2D eigenvalue weighted by atomic mass is 10.1. The SMILES string of the molecule is Cc1ccc(C)c(S(=O)(=O)NNC(=O)[C@H]2CCS(=O)(=O)C2)c1. The van der Waals surface area contributed by atoms with Crippen molar-refractivity contribution < 1.29 is 21.6 Å². The van der Waals surface area contributed by atoms with Crippen molar-refractivity contribution in [3.05, 3.63) is 29.3 Å². The maximum Gasteiger partial charge on any atom is 0.257 e. The molecule has 0 aromatic heterocycles. The van der Waals surface area contributed by atoms with Gasteiger partial charge in [0.05, 0.1) is 22.3 Å². The van der Waals surface area contributed by atoms with Gasteiger partial charge in [-0.3, -0.25) is 10.2 Å². The van der Waals surface area contributed by atoms with Gasteiger partial charge in [-0.2, -0.15) is 0 Å². The molecule has 0 spiro atoms. The van der Waals surface area contributed by atoms with Crippen molar-refractivity contribution in [1.82, 2.24) is 10.3 Å². The molecular formula is C13H18N2O5S2. The number of benzene rings is 1. The molecule has 0 bridgehead atoms. The van der Waals surface area contributed by atoms with Crippen LogP contribution in [0.4, 0.5) is 0 Å². The quantitative estimate of drug-likeness (QED) is 0.749. The van der Waals surface area contributed by atoms with Crippen molar-refractivity contribution in [3.63, 3.8) is 0 Å². The number of aryl methyl sites for hydroxylation is 2. The summed E-state index contributed by atoms with van der Waals surface area (Å²) in [7, 11) is -7.10. The Labute approximate surface area is 130 Å². The fourth-order valence-electron chi connectivity index (χ4n) is 2.27. The van der Waals surface area contributed by atoms with E-state index >= 15 is 0 Å². The Bertz CT molecular complexity index is 800. The third-order valence-corrected chi connectivity index (χ3v) is 6.70. The third kappa shape index (κ3) is 3.84. The first kappa shape index (κ1) is 16.9. The van der Waals surface area contributed by atoms with Gasteiger partial charge in [0, 0.05) is 0 Å². The second kappa shape index (κ2) is 5.98. The smallest absolute Gasteiger partial charge is 0.257 e. The van der Waals surface area contributed by atoms with Gasteiger partial charge in [-0.25, -0.2) is 16.8 Å². The van der Waals surface area contributed by atoms with Crippen LogP contribution in [0.1, 0.15) is 17.5 Å². The van der Waals surface area contributed by atoms with E-state index in [9.17, 15) is 21.6 Å². The van der Waals surface area contributed by atoms with E-state index in [0.717, 1.165) is 5.56 Å². The number of sulfone groups is 1. The maximum atomic E-state index is 12.2. The first-order valence-corrected chi connectivity index (χ1v) is 10.0. The lowest BCUT2D eigenvalue weighted by molar-refractivity contribution is -0.124. The van der Waals surface area contributed by atoms with Gasteiger partial charge in [0.2, 0.25) is 5.91 Å². The van der Waals surface area contributed by atoms with E-state index in [1.54, 1.807) is 26.0 Å². The lowest BCUT2D eigenvalue weighted by Crippen LogP contribution is -2.44. The zero-order valence-corrected chi connectivity index (χ0v) is 13.9. The second-order valence-electron chi connectivity index (χ2n) is 5.46. The minimum atomic E-state index is -3.90. The summed E-state index contributed by atoms with van der Waals surface area (Å²) >= 11 is 0. The average molecular weight is 346 g/mol. The molecule has 9 heteroatoms. The van der Waals surface area contributed by atoms with Crippen molar-refractivity contribution in [3.8, 4) is 0 Å². The van der Waals surface area contributed by atoms with Crippen LogP contribution >= 0.6 is 0 Å². The Morgan fingerprint density at radius 1 is 1.27 bits per heavy atom. The molecule has 0 radical (unpaired) electrons. The van der Waals surface area contributed by atoms with E-state index in [-0.39, 0.29) is 22.8 Å². The van der Waals surface area contributed by atoms with Crippen LogP contribution in [0.25, 0.3) is 0 Å². The van der Waals surface area contributed by atoms with Gasteiger partial charge < -0.3 is 0 Å². The molecule has 0 aliphatic carbocycles. The minimum absolute atomic E-state index is 0.0468. The standard InChI is InChI=1S/C13H18N2O5S2/c1-9-3-4-10(2)12(7-9)22(19,20)15-14-13(16)11-5-6-21(17,18)8-11/h3-4,7,11,15H,5-6,8H2,1-2H3,(H,14,16)/t11-/m0/s1. The van der Waals surface area contributed by atoms with Crippen LogP contribution in [-0.2, 0) is 24.7 Å². The number of hydrazine groups is 1. The Hall–Kier alpha value is -1.45. The zero-order chi connectivity index (χ0) is 16.5. The number of carbonyl (C=O) groups excluding carboxylic acids is 1. The highest BCUT2D eigenvalue weighted by atomic mass is 32.2. The minimum Gasteiger partial charge on any atom is -0.277 e. The fraction of sp³-hybridized carbons (Fsp3) is 0.462. The molecule has 1 aliphatic heterocycles. The molecule has 22 heavy (non-hydrogen) atoms. The number of hydrogen-bond donors (Lipinski definition) is 2. The highest BCUT2D eigenvalue weighted by Crippen LogP contribution is 2.19. The summed E-state index contributed by atoms with van der Waals surface area (Å²) in [5, 5.41) is 0. The summed E-state index contributed by atoms with van der Waals surface area (Å²) in [6.07, 6.45) is 0.208. The second-order valence-corrected chi connectivity index (χ2v) is 9.34. The molecule has 1 aromatic rings. The van der Waals surface area contributed by atoms with Gasteiger partial charge in [0.15, 0.2) is 9.84 Å². The van der Waals surface area contributed by atoms with Crippen molar-refractivity contribution in [1.29, 1.82) is 0 Å². The summed E-state index contributed by atoms with van der Waals surface area (Å²) in [5.74, 6) is -1.64. The number of rotatable bonds is 4. The molecule has 122 valence electrons. The molecule has 1 atom stereocenters. The first-order chi connectivity index (χ1) is 10.1. The van der Waals surface area contributed by atoms with Gasteiger partial charge in [0.1, 0.15) is 0 Å². The Morgan fingerprint density at radius 3 is 2.55 bits per heavy atom. The molecule has 2 rings (SSSR count). The topological polar surface area (TPSA) is 109 Å². The van der Waals surface area contributed by atoms with Crippen molar-refractivity contribution in [2.75, 3.05) is 11.5 Å². The number of carbonyl (C=O) groups is 1. The summed E-state index contributed by atoms with van der Waals surface area (Å²) in [4.78, 5) is 14.0. The summed E-state index contributed by atoms with van der Waals surface area (Å²) in [5.41, 5.74) is 3.44. The highest BCUT2D eigenvalue weighted by molar-refractivity contribution is 7.91. The molecular weight excluding hydrogens is 328 g/mol. The summed E-state index contributed by atoms with van der Waals surface area (Å²) in [6, 6.07) is 4.97. The molecule has 1 aromatic carbocycles. The predicted octanol–water partition coefficient (Wildman–Crippen LogP) is 0.0476. The molecule has 2 N–H and O–H groups in total. The molecule has 1 heterocycles. The maximum absolute atomic E-state index is 12.2. The predicted molar refractivity (Wildman–Crippen MR) is 81.1 cm³/mol. The van der Waals surface area contributed by atoms with Crippen LogP contribution in [0, 0.1) is 19.8 Å². The molecule has 0 saturated carbocycles. The van der Waals surface area contributed by atoms with Crippen molar-refractivity contribution in [2.45, 2.75) is 25.2 Å². The van der Waals surface area contributed by atoms with E-state index in [2.05, 4.69) is 5.43 Å². The van der Waals surface area contributed by atoms with E-state index in [1.165, 1.54) is 6.07 Å². The first-order valence-electron chi connectivity index (χ1n) is 6.70. The van der Waals surface area contributed by atoms with E-state index in [0.29, 0.717) is 5.56 Å². The largest absolute Gasteiger partial charge is 0.277 e. The lowest BCUT2D eigenvalue weighted by Gasteiger charge is -2.13. The van der Waals surface area contributed by atoms with E-state index in [4.69, 9.17) is 0 Å². The molecule has 1 amide bonds. The monoisotopic (exact) mass is 346 g/mol. The van der Waals surface area contributed by atoms with Gasteiger partial charge in [-0.1, -0.05) is 12.1 Å². The van der Waals surface area contributed by atoms with Gasteiger partial charge >= 0.3 is 0 Å². The molecule has 1 aliphatic rings. The molecule has 1 fully saturated rings. The third-order valence-electron chi connectivity index (χ3n) is 3.54. The van der Waals surface area contributed by atoms with E-state index in [1.807, 2.05) is 4.83 Å². The van der Waals surface area contributed by atoms with Crippen LogP contribution in [0.3, 0.4) is 0 Å². The number of nitrogens with one attached hydrogen (secondary N) is 2. The number of hydrogen-bond acceptors (Lipinski definition) is 5. The van der Waals surface area contributed by atoms with Crippen molar-refractivity contribution in [2.24, 2.45) is 5.92 Å². The number of amides is 1. The van der Waals surface area contributed by atoms with Crippen LogP contribution < -0.4 is 10.3 Å². The van der Waals surface area contributed by atoms with Gasteiger partial charge in [-0.15, -0.1) is 4.83 Å². The summed E-state index contributed by atoms with van der Waals surface area (Å²) in [6.45, 7) is 3.42. The van der Waals surface area contributed by atoms with Crippen LogP contribution in [0.15, 0.2) is 23.1 Å². The highest BCUT2D eigenvalue weighted by Gasteiger charge is 2.33. The fourth-order valence-corrected chi connectivity index (χ4v) is 5.19. The Kier molecular flexibility index (Phi) is 4.59.